The lowest BCUT2D eigenvalue weighted by Gasteiger charge is -2.12. The predicted molar refractivity (Wildman–Crippen MR) is 88.4 cm³/mol. The zero-order valence-electron chi connectivity index (χ0n) is 13.7. The van der Waals surface area contributed by atoms with Gasteiger partial charge in [0.2, 0.25) is 10.0 Å². The van der Waals surface area contributed by atoms with Crippen molar-refractivity contribution in [3.05, 3.63) is 54.1 Å². The lowest BCUT2D eigenvalue weighted by Crippen LogP contribution is -2.22. The zero-order chi connectivity index (χ0) is 19.5. The number of amides is 1. The Morgan fingerprint density at radius 1 is 1.08 bits per heavy atom. The molecule has 26 heavy (non-hydrogen) atoms. The molecule has 0 bridgehead atoms. The van der Waals surface area contributed by atoms with Gasteiger partial charge in [-0.25, -0.2) is 12.7 Å². The smallest absolute Gasteiger partial charge is 0.406 e. The second-order valence-electron chi connectivity index (χ2n) is 5.34. The molecule has 0 atom stereocenters. The molecule has 0 aliphatic carbocycles. The summed E-state index contributed by atoms with van der Waals surface area (Å²) >= 11 is 0. The third-order valence-electron chi connectivity index (χ3n) is 3.22. The third kappa shape index (κ3) is 4.96. The summed E-state index contributed by atoms with van der Waals surface area (Å²) in [6.07, 6.45) is -4.80. The Kier molecular flexibility index (Phi) is 5.57. The van der Waals surface area contributed by atoms with Crippen LogP contribution in [0.5, 0.6) is 5.75 Å². The largest absolute Gasteiger partial charge is 0.573 e. The van der Waals surface area contributed by atoms with Gasteiger partial charge in [-0.2, -0.15) is 0 Å². The topological polar surface area (TPSA) is 75.7 Å². The molecule has 0 saturated heterocycles. The van der Waals surface area contributed by atoms with E-state index in [9.17, 15) is 26.4 Å². The summed E-state index contributed by atoms with van der Waals surface area (Å²) in [6.45, 7) is 0. The first-order valence-corrected chi connectivity index (χ1v) is 8.63. The molecule has 0 aromatic heterocycles. The van der Waals surface area contributed by atoms with E-state index in [1.807, 2.05) is 0 Å². The number of carbonyl (C=O) groups excluding carboxylic acids is 1. The molecule has 2 aromatic carbocycles. The van der Waals surface area contributed by atoms with Crippen LogP contribution in [-0.2, 0) is 10.0 Å². The first kappa shape index (κ1) is 19.7. The van der Waals surface area contributed by atoms with Crippen molar-refractivity contribution >= 4 is 21.6 Å². The molecule has 0 aliphatic heterocycles. The number of hydrogen-bond donors (Lipinski definition) is 1. The number of hydrogen-bond acceptors (Lipinski definition) is 4. The van der Waals surface area contributed by atoms with E-state index in [0.29, 0.717) is 0 Å². The van der Waals surface area contributed by atoms with E-state index in [-0.39, 0.29) is 16.1 Å². The number of carbonyl (C=O) groups is 1. The van der Waals surface area contributed by atoms with E-state index < -0.39 is 28.0 Å². The van der Waals surface area contributed by atoms with Crippen LogP contribution in [0.25, 0.3) is 0 Å². The molecule has 2 rings (SSSR count). The lowest BCUT2D eigenvalue weighted by atomic mass is 10.2. The van der Waals surface area contributed by atoms with Crippen LogP contribution in [0.4, 0.5) is 18.9 Å². The van der Waals surface area contributed by atoms with Gasteiger partial charge in [-0.3, -0.25) is 4.79 Å². The van der Waals surface area contributed by atoms with E-state index in [0.717, 1.165) is 16.4 Å². The molecule has 0 radical (unpaired) electrons. The predicted octanol–water partition coefficient (Wildman–Crippen LogP) is 3.09. The molecule has 140 valence electrons. The fraction of sp³-hybridized carbons (Fsp3) is 0.188. The number of sulfonamides is 1. The fourth-order valence-electron chi connectivity index (χ4n) is 1.95. The number of anilines is 1. The molecule has 0 heterocycles. The second kappa shape index (κ2) is 7.34. The SMILES string of the molecule is CN(C)S(=O)(=O)c1cccc(C(=O)Nc2ccc(OC(F)(F)F)cc2)c1. The van der Waals surface area contributed by atoms with Crippen molar-refractivity contribution in [1.82, 2.24) is 4.31 Å². The van der Waals surface area contributed by atoms with Gasteiger partial charge in [0, 0.05) is 25.3 Å². The lowest BCUT2D eigenvalue weighted by molar-refractivity contribution is -0.274. The van der Waals surface area contributed by atoms with Gasteiger partial charge in [0.1, 0.15) is 5.75 Å². The number of nitrogens with one attached hydrogen (secondary N) is 1. The Bertz CT molecular complexity index is 894. The summed E-state index contributed by atoms with van der Waals surface area (Å²) in [6, 6.07) is 9.99. The van der Waals surface area contributed by atoms with Gasteiger partial charge in [0.25, 0.3) is 5.91 Å². The molecule has 2 aromatic rings. The van der Waals surface area contributed by atoms with Crippen molar-refractivity contribution in [2.24, 2.45) is 0 Å². The van der Waals surface area contributed by atoms with Crippen molar-refractivity contribution in [2.75, 3.05) is 19.4 Å². The van der Waals surface area contributed by atoms with Gasteiger partial charge in [0.15, 0.2) is 0 Å². The van der Waals surface area contributed by atoms with E-state index in [1.165, 1.54) is 50.5 Å². The number of benzene rings is 2. The van der Waals surface area contributed by atoms with Crippen LogP contribution in [0.15, 0.2) is 53.4 Å². The Balaban J connectivity index is 2.16. The average molecular weight is 388 g/mol. The van der Waals surface area contributed by atoms with E-state index in [2.05, 4.69) is 10.1 Å². The molecule has 6 nitrogen and oxygen atoms in total. The number of ether oxygens (including phenoxy) is 1. The van der Waals surface area contributed by atoms with Gasteiger partial charge in [-0.15, -0.1) is 13.2 Å². The van der Waals surface area contributed by atoms with Gasteiger partial charge < -0.3 is 10.1 Å². The third-order valence-corrected chi connectivity index (χ3v) is 5.03. The van der Waals surface area contributed by atoms with Gasteiger partial charge in [-0.05, 0) is 42.5 Å². The maximum Gasteiger partial charge on any atom is 0.573 e. The molecule has 0 aliphatic rings. The van der Waals surface area contributed by atoms with E-state index in [4.69, 9.17) is 0 Å². The summed E-state index contributed by atoms with van der Waals surface area (Å²) < 4.78 is 65.3. The van der Waals surface area contributed by atoms with Crippen molar-refractivity contribution in [3.8, 4) is 5.75 Å². The quantitative estimate of drug-likeness (QED) is 0.854. The zero-order valence-corrected chi connectivity index (χ0v) is 14.6. The minimum absolute atomic E-state index is 0.0518. The summed E-state index contributed by atoms with van der Waals surface area (Å²) in [7, 11) is -0.963. The number of nitrogens with zero attached hydrogens (tertiary/aromatic N) is 1. The summed E-state index contributed by atoms with van der Waals surface area (Å²) in [4.78, 5) is 12.2. The molecule has 0 saturated carbocycles. The van der Waals surface area contributed by atoms with Crippen LogP contribution in [0, 0.1) is 0 Å². The van der Waals surface area contributed by atoms with Crippen LogP contribution in [0.3, 0.4) is 0 Å². The van der Waals surface area contributed by atoms with Crippen molar-refractivity contribution < 1.29 is 31.1 Å². The maximum absolute atomic E-state index is 12.2. The molecule has 0 unspecified atom stereocenters. The van der Waals surface area contributed by atoms with E-state index >= 15 is 0 Å². The summed E-state index contributed by atoms with van der Waals surface area (Å²) in [5.41, 5.74) is 0.314. The molecular weight excluding hydrogens is 373 g/mol. The minimum Gasteiger partial charge on any atom is -0.406 e. The van der Waals surface area contributed by atoms with Gasteiger partial charge >= 0.3 is 6.36 Å². The number of rotatable bonds is 5. The second-order valence-corrected chi connectivity index (χ2v) is 7.49. The van der Waals surface area contributed by atoms with Crippen LogP contribution in [0.2, 0.25) is 0 Å². The fourth-order valence-corrected chi connectivity index (χ4v) is 2.90. The van der Waals surface area contributed by atoms with Crippen LogP contribution in [0.1, 0.15) is 10.4 Å². The monoisotopic (exact) mass is 388 g/mol. The molecule has 1 N–H and O–H groups in total. The first-order chi connectivity index (χ1) is 12.0. The molecule has 10 heteroatoms. The normalized spacial score (nSPS) is 12.1. The summed E-state index contributed by atoms with van der Waals surface area (Å²) in [5, 5.41) is 2.47. The molecule has 0 spiro atoms. The van der Waals surface area contributed by atoms with E-state index in [1.54, 1.807) is 0 Å². The minimum atomic E-state index is -4.80. The standard InChI is InChI=1S/C16H15F3N2O4S/c1-21(2)26(23,24)14-5-3-4-11(10-14)15(22)20-12-6-8-13(9-7-12)25-16(17,18)19/h3-10H,1-2H3,(H,20,22). The highest BCUT2D eigenvalue weighted by atomic mass is 32.2. The van der Waals surface area contributed by atoms with Crippen LogP contribution in [-0.4, -0.2) is 39.1 Å². The highest BCUT2D eigenvalue weighted by Crippen LogP contribution is 2.24. The Hall–Kier alpha value is -2.59. The van der Waals surface area contributed by atoms with Crippen LogP contribution < -0.4 is 10.1 Å². The van der Waals surface area contributed by atoms with Crippen molar-refractivity contribution in [3.63, 3.8) is 0 Å². The highest BCUT2D eigenvalue weighted by Gasteiger charge is 2.31. The molecular formula is C16H15F3N2O4S. The molecule has 0 fully saturated rings. The van der Waals surface area contributed by atoms with Crippen molar-refractivity contribution in [1.29, 1.82) is 0 Å². The first-order valence-electron chi connectivity index (χ1n) is 7.19. The average Bonchev–Trinajstić information content (AvgIpc) is 2.55. The maximum atomic E-state index is 12.2. The van der Waals surface area contributed by atoms with Gasteiger partial charge in [-0.1, -0.05) is 6.07 Å². The number of alkyl halides is 3. The Labute approximate surface area is 148 Å². The summed E-state index contributed by atoms with van der Waals surface area (Å²) in [5.74, 6) is -1.03. The molecule has 1 amide bonds. The van der Waals surface area contributed by atoms with Crippen molar-refractivity contribution in [2.45, 2.75) is 11.3 Å². The highest BCUT2D eigenvalue weighted by molar-refractivity contribution is 7.89. The van der Waals surface area contributed by atoms with Crippen LogP contribution >= 0.6 is 0 Å². The Morgan fingerprint density at radius 2 is 1.69 bits per heavy atom. The van der Waals surface area contributed by atoms with Gasteiger partial charge in [0.05, 0.1) is 4.90 Å². The Morgan fingerprint density at radius 3 is 2.23 bits per heavy atom. The number of halogens is 3.